The molecule has 2 fully saturated rings. The van der Waals surface area contributed by atoms with Crippen molar-refractivity contribution in [3.05, 3.63) is 0 Å². The van der Waals surface area contributed by atoms with E-state index in [1.807, 2.05) is 11.8 Å². The van der Waals surface area contributed by atoms with Gasteiger partial charge in [0.05, 0.1) is 19.3 Å². The van der Waals surface area contributed by atoms with Gasteiger partial charge < -0.3 is 15.4 Å². The lowest BCUT2D eigenvalue weighted by atomic mass is 9.79. The van der Waals surface area contributed by atoms with Crippen LogP contribution in [0.3, 0.4) is 0 Å². The maximum Gasteiger partial charge on any atom is 0.239 e. The van der Waals surface area contributed by atoms with Crippen LogP contribution < -0.4 is 5.73 Å². The first-order valence-corrected chi connectivity index (χ1v) is 7.28. The number of nitrogens with zero attached hydrogens (tertiary/aromatic N) is 2. The van der Waals surface area contributed by atoms with E-state index in [1.165, 1.54) is 0 Å². The van der Waals surface area contributed by atoms with Crippen LogP contribution in [0.25, 0.3) is 0 Å². The number of piperidine rings is 1. The van der Waals surface area contributed by atoms with Crippen LogP contribution in [0.15, 0.2) is 0 Å². The first-order valence-electron chi connectivity index (χ1n) is 7.28. The van der Waals surface area contributed by atoms with Crippen molar-refractivity contribution in [1.82, 2.24) is 9.80 Å². The molecule has 0 aliphatic carbocycles. The molecule has 0 aromatic carbocycles. The van der Waals surface area contributed by atoms with Gasteiger partial charge in [0.1, 0.15) is 0 Å². The van der Waals surface area contributed by atoms with Gasteiger partial charge >= 0.3 is 0 Å². The summed E-state index contributed by atoms with van der Waals surface area (Å²) in [6.45, 7) is 11.0. The molecule has 2 saturated heterocycles. The van der Waals surface area contributed by atoms with Crippen LogP contribution in [-0.2, 0) is 9.53 Å². The summed E-state index contributed by atoms with van der Waals surface area (Å²) in [4.78, 5) is 16.8. The van der Waals surface area contributed by atoms with Crippen LogP contribution in [-0.4, -0.2) is 67.2 Å². The van der Waals surface area contributed by atoms with E-state index in [9.17, 15) is 4.79 Å². The lowest BCUT2D eigenvalue weighted by Crippen LogP contribution is -2.58. The van der Waals surface area contributed by atoms with E-state index >= 15 is 0 Å². The van der Waals surface area contributed by atoms with Crippen LogP contribution in [0.5, 0.6) is 0 Å². The van der Waals surface area contributed by atoms with Crippen molar-refractivity contribution in [2.24, 2.45) is 11.1 Å². The Labute approximate surface area is 140 Å². The number of ether oxygens (including phenoxy) is 1. The third-order valence-corrected chi connectivity index (χ3v) is 4.57. The van der Waals surface area contributed by atoms with Gasteiger partial charge in [-0.25, -0.2) is 0 Å². The summed E-state index contributed by atoms with van der Waals surface area (Å²) in [5.41, 5.74) is 6.14. The summed E-state index contributed by atoms with van der Waals surface area (Å²) in [6, 6.07) is 0.143. The van der Waals surface area contributed by atoms with Crippen molar-refractivity contribution in [3.63, 3.8) is 0 Å². The van der Waals surface area contributed by atoms with Gasteiger partial charge in [-0.15, -0.1) is 24.8 Å². The van der Waals surface area contributed by atoms with Crippen LogP contribution in [0.1, 0.15) is 27.2 Å². The minimum absolute atomic E-state index is 0. The van der Waals surface area contributed by atoms with Gasteiger partial charge in [0, 0.05) is 32.2 Å². The van der Waals surface area contributed by atoms with Gasteiger partial charge in [0.25, 0.3) is 0 Å². The maximum atomic E-state index is 12.6. The lowest BCUT2D eigenvalue weighted by Gasteiger charge is -2.44. The summed E-state index contributed by atoms with van der Waals surface area (Å²) < 4.78 is 5.34. The predicted octanol–water partition coefficient (Wildman–Crippen LogP) is 1.14. The van der Waals surface area contributed by atoms with Crippen molar-refractivity contribution in [1.29, 1.82) is 0 Å². The van der Waals surface area contributed by atoms with Gasteiger partial charge in [-0.2, -0.15) is 0 Å². The van der Waals surface area contributed by atoms with E-state index in [1.54, 1.807) is 0 Å². The number of carbonyl (C=O) groups excluding carboxylic acids is 1. The fourth-order valence-corrected chi connectivity index (χ4v) is 2.95. The van der Waals surface area contributed by atoms with Crippen molar-refractivity contribution >= 4 is 30.7 Å². The highest BCUT2D eigenvalue weighted by molar-refractivity contribution is 5.85. The highest BCUT2D eigenvalue weighted by Crippen LogP contribution is 2.28. The number of likely N-dealkylation sites (tertiary alicyclic amines) is 1. The smallest absolute Gasteiger partial charge is 0.239 e. The van der Waals surface area contributed by atoms with Crippen LogP contribution in [0, 0.1) is 5.41 Å². The van der Waals surface area contributed by atoms with E-state index < -0.39 is 0 Å². The molecule has 0 aromatic rings. The number of nitrogens with two attached hydrogens (primary N) is 1. The monoisotopic (exact) mass is 341 g/mol. The molecule has 126 valence electrons. The average Bonchev–Trinajstić information content (AvgIpc) is 2.41. The molecular formula is C14H29Cl2N3O2. The second kappa shape index (κ2) is 8.53. The average molecular weight is 342 g/mol. The molecule has 0 saturated carbocycles. The zero-order chi connectivity index (χ0) is 14.0. The minimum Gasteiger partial charge on any atom is -0.379 e. The Bertz CT molecular complexity index is 336. The fourth-order valence-electron chi connectivity index (χ4n) is 2.95. The summed E-state index contributed by atoms with van der Waals surface area (Å²) in [7, 11) is 0. The Balaban J connectivity index is 0.00000200. The van der Waals surface area contributed by atoms with Crippen LogP contribution in [0.2, 0.25) is 0 Å². The van der Waals surface area contributed by atoms with E-state index in [4.69, 9.17) is 10.5 Å². The maximum absolute atomic E-state index is 12.6. The topological polar surface area (TPSA) is 58.8 Å². The van der Waals surface area contributed by atoms with Gasteiger partial charge in [-0.05, 0) is 18.8 Å². The highest BCUT2D eigenvalue weighted by atomic mass is 35.5. The van der Waals surface area contributed by atoms with Crippen LogP contribution in [0.4, 0.5) is 0 Å². The van der Waals surface area contributed by atoms with E-state index in [0.717, 1.165) is 45.8 Å². The molecule has 2 N–H and O–H groups in total. The zero-order valence-electron chi connectivity index (χ0n) is 13.2. The molecule has 2 heterocycles. The van der Waals surface area contributed by atoms with Crippen molar-refractivity contribution < 1.29 is 9.53 Å². The van der Waals surface area contributed by atoms with Crippen LogP contribution >= 0.6 is 24.8 Å². The molecule has 2 aliphatic rings. The molecule has 2 atom stereocenters. The largest absolute Gasteiger partial charge is 0.379 e. The Hall–Kier alpha value is -0.0700. The summed E-state index contributed by atoms with van der Waals surface area (Å²) in [5.74, 6) is 0.238. The third kappa shape index (κ3) is 4.96. The summed E-state index contributed by atoms with van der Waals surface area (Å²) in [6.07, 6.45) is 0.897. The number of rotatable bonds is 2. The van der Waals surface area contributed by atoms with Crippen molar-refractivity contribution in [2.75, 3.05) is 39.4 Å². The first-order chi connectivity index (χ1) is 8.92. The second-order valence-corrected chi connectivity index (χ2v) is 6.47. The Morgan fingerprint density at radius 2 is 1.81 bits per heavy atom. The predicted molar refractivity (Wildman–Crippen MR) is 89.3 cm³/mol. The third-order valence-electron chi connectivity index (χ3n) is 4.57. The molecule has 2 aliphatic heterocycles. The van der Waals surface area contributed by atoms with Crippen molar-refractivity contribution in [2.45, 2.75) is 39.3 Å². The molecule has 2 rings (SSSR count). The molecule has 2 unspecified atom stereocenters. The molecule has 0 spiro atoms. The lowest BCUT2D eigenvalue weighted by molar-refractivity contribution is -0.141. The first kappa shape index (κ1) is 20.9. The fraction of sp³-hybridized carbons (Fsp3) is 0.929. The molecule has 0 aromatic heterocycles. The standard InChI is InChI=1S/C14H27N3O2.2ClH/c1-11(16-6-8-19-9-7-16)13(18)17-5-4-12(15)14(2,3)10-17;;/h11-12H,4-10,15H2,1-3H3;2*1H. The Morgan fingerprint density at radius 1 is 1.24 bits per heavy atom. The molecule has 0 bridgehead atoms. The van der Waals surface area contributed by atoms with E-state index in [2.05, 4.69) is 18.7 Å². The Kier molecular flexibility index (Phi) is 8.50. The van der Waals surface area contributed by atoms with E-state index in [-0.39, 0.29) is 48.2 Å². The highest BCUT2D eigenvalue weighted by Gasteiger charge is 2.37. The van der Waals surface area contributed by atoms with Crippen molar-refractivity contribution in [3.8, 4) is 0 Å². The number of carbonyl (C=O) groups is 1. The van der Waals surface area contributed by atoms with Gasteiger partial charge in [-0.1, -0.05) is 13.8 Å². The zero-order valence-corrected chi connectivity index (χ0v) is 14.8. The number of hydrogen-bond acceptors (Lipinski definition) is 4. The minimum atomic E-state index is -0.0472. The number of morpholine rings is 1. The summed E-state index contributed by atoms with van der Waals surface area (Å²) in [5, 5.41) is 0. The number of amides is 1. The SMILES string of the molecule is CC(C(=O)N1CCC(N)C(C)(C)C1)N1CCOCC1.Cl.Cl. The molecular weight excluding hydrogens is 313 g/mol. The molecule has 21 heavy (non-hydrogen) atoms. The van der Waals surface area contributed by atoms with Gasteiger partial charge in [0.15, 0.2) is 0 Å². The Morgan fingerprint density at radius 3 is 2.33 bits per heavy atom. The normalized spacial score (nSPS) is 27.2. The number of halogens is 2. The second-order valence-electron chi connectivity index (χ2n) is 6.47. The quantitative estimate of drug-likeness (QED) is 0.818. The number of hydrogen-bond donors (Lipinski definition) is 1. The van der Waals surface area contributed by atoms with E-state index in [0.29, 0.717) is 0 Å². The molecule has 1 amide bonds. The summed E-state index contributed by atoms with van der Waals surface area (Å²) >= 11 is 0. The van der Waals surface area contributed by atoms with Gasteiger partial charge in [-0.3, -0.25) is 9.69 Å². The molecule has 0 radical (unpaired) electrons. The molecule has 5 nitrogen and oxygen atoms in total. The molecule has 7 heteroatoms. The van der Waals surface area contributed by atoms with Gasteiger partial charge in [0.2, 0.25) is 5.91 Å².